The van der Waals surface area contributed by atoms with E-state index in [-0.39, 0.29) is 16.3 Å². The molecule has 3 atom stereocenters. The minimum absolute atomic E-state index is 0.230. The first-order valence-corrected chi connectivity index (χ1v) is 13.8. The van der Waals surface area contributed by atoms with Gasteiger partial charge >= 0.3 is 0 Å². The zero-order valence-electron chi connectivity index (χ0n) is 20.5. The van der Waals surface area contributed by atoms with Crippen molar-refractivity contribution in [1.82, 2.24) is 0 Å². The molecule has 2 fully saturated rings. The summed E-state index contributed by atoms with van der Waals surface area (Å²) in [6.07, 6.45) is 7.53. The molecular weight excluding hydrogens is 432 g/mol. The fraction of sp³-hybridized carbons (Fsp3) is 0.917. The van der Waals surface area contributed by atoms with Gasteiger partial charge in [0, 0.05) is 20.6 Å². The second-order valence-electron chi connectivity index (χ2n) is 8.53. The van der Waals surface area contributed by atoms with Crippen molar-refractivity contribution < 1.29 is 24.1 Å². The van der Waals surface area contributed by atoms with Gasteiger partial charge in [0.2, 0.25) is 0 Å². The van der Waals surface area contributed by atoms with E-state index in [0.29, 0.717) is 6.42 Å². The zero-order valence-corrected chi connectivity index (χ0v) is 22.2. The predicted octanol–water partition coefficient (Wildman–Crippen LogP) is 5.40. The van der Waals surface area contributed by atoms with Crippen LogP contribution in [0.5, 0.6) is 0 Å². The highest BCUT2D eigenvalue weighted by atomic mass is 32.2. The van der Waals surface area contributed by atoms with Crippen LogP contribution >= 0.6 is 23.5 Å². The topological polar surface area (TPSA) is 57.2 Å². The quantitative estimate of drug-likeness (QED) is 0.378. The molecule has 31 heavy (non-hydrogen) atoms. The lowest BCUT2D eigenvalue weighted by Crippen LogP contribution is -2.57. The average Bonchev–Trinajstić information content (AvgIpc) is 3.22. The number of thioether (sulfide) groups is 2. The highest BCUT2D eigenvalue weighted by Crippen LogP contribution is 2.51. The second kappa shape index (κ2) is 12.1. The van der Waals surface area contributed by atoms with Gasteiger partial charge in [-0.15, -0.1) is 23.5 Å². The Balaban J connectivity index is 2.39. The fourth-order valence-electron chi connectivity index (χ4n) is 5.07. The van der Waals surface area contributed by atoms with Crippen LogP contribution in [0.15, 0.2) is 12.2 Å². The summed E-state index contributed by atoms with van der Waals surface area (Å²) >= 11 is 3.67. The summed E-state index contributed by atoms with van der Waals surface area (Å²) in [4.78, 5) is 0. The third-order valence-corrected chi connectivity index (χ3v) is 10.9. The maximum absolute atomic E-state index is 11.0. The van der Waals surface area contributed by atoms with E-state index in [0.717, 1.165) is 43.6 Å². The van der Waals surface area contributed by atoms with Gasteiger partial charge < -0.3 is 24.1 Å². The van der Waals surface area contributed by atoms with Gasteiger partial charge in [0.15, 0.2) is 6.29 Å². The van der Waals surface area contributed by atoms with Crippen LogP contribution in [0.4, 0.5) is 0 Å². The molecule has 0 aromatic rings. The van der Waals surface area contributed by atoms with E-state index < -0.39 is 23.6 Å². The molecule has 1 N–H and O–H groups in total. The number of ether oxygens (including phenoxy) is 4. The first-order chi connectivity index (χ1) is 14.9. The smallest absolute Gasteiger partial charge is 0.161 e. The van der Waals surface area contributed by atoms with Gasteiger partial charge in [-0.1, -0.05) is 39.8 Å². The van der Waals surface area contributed by atoms with E-state index in [1.165, 1.54) is 0 Å². The molecule has 2 aliphatic rings. The highest BCUT2D eigenvalue weighted by molar-refractivity contribution is 8.18. The molecular formula is C24H44O5S2. The second-order valence-corrected chi connectivity index (χ2v) is 11.6. The Bertz CT molecular complexity index is 512. The van der Waals surface area contributed by atoms with Gasteiger partial charge in [0.25, 0.3) is 0 Å². The Labute approximate surface area is 198 Å². The molecule has 2 rings (SSSR count). The fourth-order valence-corrected chi connectivity index (χ4v) is 8.36. The van der Waals surface area contributed by atoms with Gasteiger partial charge in [-0.3, -0.25) is 0 Å². The normalized spacial score (nSPS) is 26.6. The lowest BCUT2D eigenvalue weighted by molar-refractivity contribution is -0.162. The number of allylic oxidation sites excluding steroid dienone is 1. The summed E-state index contributed by atoms with van der Waals surface area (Å²) in [6.45, 7) is 10.6. The minimum Gasteiger partial charge on any atom is -0.387 e. The van der Waals surface area contributed by atoms with Crippen molar-refractivity contribution in [3.63, 3.8) is 0 Å². The first-order valence-electron chi connectivity index (χ1n) is 11.9. The average molecular weight is 477 g/mol. The van der Waals surface area contributed by atoms with Crippen LogP contribution < -0.4 is 0 Å². The molecule has 0 aromatic heterocycles. The number of hydrogen-bond donors (Lipinski definition) is 1. The summed E-state index contributed by atoms with van der Waals surface area (Å²) in [5.74, 6) is 2.08. The van der Waals surface area contributed by atoms with Crippen molar-refractivity contribution in [2.45, 2.75) is 113 Å². The third-order valence-electron chi connectivity index (χ3n) is 7.37. The number of aliphatic hydroxyl groups is 1. The predicted molar refractivity (Wildman–Crippen MR) is 132 cm³/mol. The lowest BCUT2D eigenvalue weighted by atomic mass is 9.78. The Kier molecular flexibility index (Phi) is 10.7. The van der Waals surface area contributed by atoms with Crippen LogP contribution in [0.1, 0.15) is 73.1 Å². The molecule has 182 valence electrons. The largest absolute Gasteiger partial charge is 0.387 e. The zero-order chi connectivity index (χ0) is 23.1. The van der Waals surface area contributed by atoms with E-state index >= 15 is 0 Å². The molecule has 0 bridgehead atoms. The summed E-state index contributed by atoms with van der Waals surface area (Å²) in [5.41, 5.74) is -0.870. The summed E-state index contributed by atoms with van der Waals surface area (Å²) in [6, 6.07) is 0. The molecule has 2 saturated heterocycles. The van der Waals surface area contributed by atoms with E-state index in [2.05, 4.69) is 27.7 Å². The Hall–Kier alpha value is 0.240. The van der Waals surface area contributed by atoms with Gasteiger partial charge in [-0.25, -0.2) is 0 Å². The van der Waals surface area contributed by atoms with Gasteiger partial charge in [0.1, 0.15) is 12.2 Å². The molecule has 1 unspecified atom stereocenters. The van der Waals surface area contributed by atoms with Crippen LogP contribution in [0.3, 0.4) is 0 Å². The van der Waals surface area contributed by atoms with Crippen molar-refractivity contribution in [2.75, 3.05) is 25.7 Å². The molecule has 7 heteroatoms. The van der Waals surface area contributed by atoms with Gasteiger partial charge in [-0.05, 0) is 50.5 Å². The van der Waals surface area contributed by atoms with Gasteiger partial charge in [-0.2, -0.15) is 0 Å². The van der Waals surface area contributed by atoms with Crippen molar-refractivity contribution in [3.8, 4) is 0 Å². The molecule has 2 aliphatic heterocycles. The molecule has 0 aliphatic carbocycles. The van der Waals surface area contributed by atoms with E-state index in [1.54, 1.807) is 14.2 Å². The van der Waals surface area contributed by atoms with Gasteiger partial charge in [0.05, 0.1) is 21.4 Å². The van der Waals surface area contributed by atoms with E-state index in [9.17, 15) is 5.11 Å². The van der Waals surface area contributed by atoms with Crippen LogP contribution in [0.25, 0.3) is 0 Å². The Morgan fingerprint density at radius 3 is 1.77 bits per heavy atom. The third kappa shape index (κ3) is 5.50. The molecule has 0 spiro atoms. The maximum atomic E-state index is 11.0. The molecule has 5 nitrogen and oxygen atoms in total. The number of aliphatic hydroxyl groups excluding tert-OH is 1. The summed E-state index contributed by atoms with van der Waals surface area (Å²) < 4.78 is 25.2. The molecule has 2 heterocycles. The van der Waals surface area contributed by atoms with Crippen molar-refractivity contribution in [2.24, 2.45) is 0 Å². The standard InChI is InChI=1S/C24H44O5S2/c1-8-14-18(25)24(30-15-13-16-31-24)17-19-28-20(22(9-2,10-3)26-6)21(29-19)23(11-4,12-5)27-7/h8,14,18-21,25H,9-13,15-17H2,1-7H3/b14-8+/t18?,20-,21-/m1/s1. The highest BCUT2D eigenvalue weighted by Gasteiger charge is 2.57. The molecule has 0 saturated carbocycles. The van der Waals surface area contributed by atoms with Crippen LogP contribution in [0.2, 0.25) is 0 Å². The number of methoxy groups -OCH3 is 2. The minimum atomic E-state index is -0.549. The molecule has 0 aromatic carbocycles. The molecule has 0 amide bonds. The molecule has 0 radical (unpaired) electrons. The summed E-state index contributed by atoms with van der Waals surface area (Å²) in [7, 11) is 3.55. The van der Waals surface area contributed by atoms with Crippen molar-refractivity contribution >= 4 is 23.5 Å². The lowest BCUT2D eigenvalue weighted by Gasteiger charge is -2.44. The SMILES string of the molecule is C/C=C/C(O)C1(CC2O[C@@H](C(CC)(CC)OC)[C@H](C(CC)(CC)OC)O2)SCCCS1. The maximum Gasteiger partial charge on any atom is 0.161 e. The monoisotopic (exact) mass is 476 g/mol. The van der Waals surface area contributed by atoms with Crippen LogP contribution in [-0.2, 0) is 18.9 Å². The van der Waals surface area contributed by atoms with Crippen molar-refractivity contribution in [1.29, 1.82) is 0 Å². The number of rotatable bonds is 12. The first kappa shape index (κ1) is 27.5. The Morgan fingerprint density at radius 1 is 0.968 bits per heavy atom. The Morgan fingerprint density at radius 2 is 1.42 bits per heavy atom. The van der Waals surface area contributed by atoms with Crippen LogP contribution in [0, 0.1) is 0 Å². The number of hydrogen-bond acceptors (Lipinski definition) is 7. The van der Waals surface area contributed by atoms with E-state index in [4.69, 9.17) is 18.9 Å². The van der Waals surface area contributed by atoms with Crippen LogP contribution in [-0.4, -0.2) is 70.7 Å². The summed E-state index contributed by atoms with van der Waals surface area (Å²) in [5, 5.41) is 11.0. The van der Waals surface area contributed by atoms with Crippen molar-refractivity contribution in [3.05, 3.63) is 12.2 Å². The van der Waals surface area contributed by atoms with E-state index in [1.807, 2.05) is 42.6 Å².